The van der Waals surface area contributed by atoms with E-state index in [1.165, 1.54) is 11.3 Å². The van der Waals surface area contributed by atoms with Gasteiger partial charge in [0.15, 0.2) is 11.5 Å². The number of aliphatic hydroxyl groups is 1. The summed E-state index contributed by atoms with van der Waals surface area (Å²) in [7, 11) is 0. The van der Waals surface area contributed by atoms with Crippen molar-refractivity contribution >= 4 is 17.2 Å². The maximum Gasteiger partial charge on any atom is 0.273 e. The molecule has 1 atom stereocenters. The van der Waals surface area contributed by atoms with E-state index in [9.17, 15) is 9.90 Å². The molecule has 0 unspecified atom stereocenters. The maximum absolute atomic E-state index is 12.3. The second-order valence-electron chi connectivity index (χ2n) is 7.27. The highest BCUT2D eigenvalue weighted by molar-refractivity contribution is 7.11. The van der Waals surface area contributed by atoms with Crippen molar-refractivity contribution in [3.05, 3.63) is 52.1 Å². The summed E-state index contributed by atoms with van der Waals surface area (Å²) in [4.78, 5) is 12.3. The molecule has 2 aromatic heterocycles. The SMILES string of the molecule is C[C@H](O)c1nnc(CC2CC(CNC(=O)c3cc(-c4ccccc4)on3)C2)s1. The highest BCUT2D eigenvalue weighted by Crippen LogP contribution is 2.36. The summed E-state index contributed by atoms with van der Waals surface area (Å²) in [6.45, 7) is 2.34. The van der Waals surface area contributed by atoms with Crippen LogP contribution in [-0.2, 0) is 6.42 Å². The maximum atomic E-state index is 12.3. The van der Waals surface area contributed by atoms with Gasteiger partial charge in [-0.3, -0.25) is 4.79 Å². The van der Waals surface area contributed by atoms with E-state index >= 15 is 0 Å². The molecule has 3 aromatic rings. The molecule has 0 aliphatic heterocycles. The molecule has 7 nitrogen and oxygen atoms in total. The minimum Gasteiger partial charge on any atom is -0.386 e. The van der Waals surface area contributed by atoms with Crippen molar-refractivity contribution in [3.8, 4) is 11.3 Å². The largest absolute Gasteiger partial charge is 0.386 e. The number of aromatic nitrogens is 3. The summed E-state index contributed by atoms with van der Waals surface area (Å²) in [6.07, 6.45) is 2.43. The predicted molar refractivity (Wildman–Crippen MR) is 105 cm³/mol. The topological polar surface area (TPSA) is 101 Å². The van der Waals surface area contributed by atoms with Crippen molar-refractivity contribution in [2.45, 2.75) is 32.3 Å². The summed E-state index contributed by atoms with van der Waals surface area (Å²) >= 11 is 1.48. The molecule has 0 bridgehead atoms. The first-order chi connectivity index (χ1) is 13.6. The van der Waals surface area contributed by atoms with Gasteiger partial charge in [0.2, 0.25) is 0 Å². The average Bonchev–Trinajstić information content (AvgIpc) is 3.33. The van der Waals surface area contributed by atoms with Crippen LogP contribution in [0, 0.1) is 11.8 Å². The minimum absolute atomic E-state index is 0.208. The third-order valence-corrected chi connectivity index (χ3v) is 6.10. The molecule has 4 rings (SSSR count). The molecule has 1 amide bonds. The summed E-state index contributed by atoms with van der Waals surface area (Å²) in [5.41, 5.74) is 1.19. The fourth-order valence-electron chi connectivity index (χ4n) is 3.42. The van der Waals surface area contributed by atoms with E-state index in [1.807, 2.05) is 30.3 Å². The van der Waals surface area contributed by atoms with Crippen molar-refractivity contribution in [3.63, 3.8) is 0 Å². The van der Waals surface area contributed by atoms with Gasteiger partial charge in [-0.05, 0) is 31.6 Å². The number of aliphatic hydroxyl groups excluding tert-OH is 1. The number of nitrogens with one attached hydrogen (secondary N) is 1. The summed E-state index contributed by atoms with van der Waals surface area (Å²) in [5.74, 6) is 1.41. The Morgan fingerprint density at radius 2 is 2.07 bits per heavy atom. The zero-order valence-corrected chi connectivity index (χ0v) is 16.4. The lowest BCUT2D eigenvalue weighted by Crippen LogP contribution is -2.36. The standard InChI is InChI=1S/C20H22N4O3S/c1-12(25)20-23-22-18(28-20)9-13-7-14(8-13)11-21-19(26)16-10-17(27-24-16)15-5-3-2-4-6-15/h2-6,10,12-14,25H,7-9,11H2,1H3,(H,21,26)/t12-,13?,14?/m0/s1. The molecule has 8 heteroatoms. The molecular formula is C20H22N4O3S. The highest BCUT2D eigenvalue weighted by atomic mass is 32.1. The van der Waals surface area contributed by atoms with Crippen molar-refractivity contribution < 1.29 is 14.4 Å². The Hall–Kier alpha value is -2.58. The van der Waals surface area contributed by atoms with Crippen LogP contribution in [0.3, 0.4) is 0 Å². The molecule has 0 saturated heterocycles. The van der Waals surface area contributed by atoms with Gasteiger partial charge in [-0.2, -0.15) is 0 Å². The van der Waals surface area contributed by atoms with Gasteiger partial charge < -0.3 is 14.9 Å². The average molecular weight is 398 g/mol. The third-order valence-electron chi connectivity index (χ3n) is 4.99. The Labute approximate surface area is 166 Å². The second kappa shape index (κ2) is 8.20. The molecule has 1 aliphatic rings. The van der Waals surface area contributed by atoms with Crippen molar-refractivity contribution in [2.24, 2.45) is 11.8 Å². The molecule has 1 aliphatic carbocycles. The van der Waals surface area contributed by atoms with Crippen LogP contribution >= 0.6 is 11.3 Å². The second-order valence-corrected chi connectivity index (χ2v) is 8.36. The van der Waals surface area contributed by atoms with Crippen LogP contribution < -0.4 is 5.32 Å². The van der Waals surface area contributed by atoms with Gasteiger partial charge >= 0.3 is 0 Å². The number of carbonyl (C=O) groups excluding carboxylic acids is 1. The fourth-order valence-corrected chi connectivity index (χ4v) is 4.31. The third kappa shape index (κ3) is 4.28. The van der Waals surface area contributed by atoms with Crippen molar-refractivity contribution in [1.82, 2.24) is 20.7 Å². The molecule has 1 fully saturated rings. The molecule has 146 valence electrons. The van der Waals surface area contributed by atoms with Crippen LogP contribution in [0.2, 0.25) is 0 Å². The van der Waals surface area contributed by atoms with Crippen molar-refractivity contribution in [2.75, 3.05) is 6.54 Å². The van der Waals surface area contributed by atoms with Gasteiger partial charge in [0, 0.05) is 24.6 Å². The van der Waals surface area contributed by atoms with E-state index < -0.39 is 6.10 Å². The molecular weight excluding hydrogens is 376 g/mol. The van der Waals surface area contributed by atoms with Gasteiger partial charge in [-0.15, -0.1) is 10.2 Å². The van der Waals surface area contributed by atoms with Crippen LogP contribution in [0.25, 0.3) is 11.3 Å². The molecule has 1 aromatic carbocycles. The van der Waals surface area contributed by atoms with E-state index in [0.29, 0.717) is 34.8 Å². The Morgan fingerprint density at radius 3 is 2.79 bits per heavy atom. The number of carbonyl (C=O) groups is 1. The molecule has 2 heterocycles. The first kappa shape index (κ1) is 18.8. The number of benzene rings is 1. The number of nitrogens with zero attached hydrogens (tertiary/aromatic N) is 3. The number of hydrogen-bond donors (Lipinski definition) is 2. The minimum atomic E-state index is -0.561. The van der Waals surface area contributed by atoms with Crippen LogP contribution in [-0.4, -0.2) is 32.9 Å². The lowest BCUT2D eigenvalue weighted by atomic mass is 9.73. The zero-order valence-electron chi connectivity index (χ0n) is 15.5. The van der Waals surface area contributed by atoms with Gasteiger partial charge in [-0.1, -0.05) is 46.8 Å². The quantitative estimate of drug-likeness (QED) is 0.634. The molecule has 0 spiro atoms. The monoisotopic (exact) mass is 398 g/mol. The number of amides is 1. The summed E-state index contributed by atoms with van der Waals surface area (Å²) < 4.78 is 5.28. The predicted octanol–water partition coefficient (Wildman–Crippen LogP) is 3.25. The lowest BCUT2D eigenvalue weighted by molar-refractivity contribution is 0.0915. The van der Waals surface area contributed by atoms with E-state index in [0.717, 1.165) is 29.8 Å². The van der Waals surface area contributed by atoms with Crippen LogP contribution in [0.15, 0.2) is 40.9 Å². The molecule has 1 saturated carbocycles. The van der Waals surface area contributed by atoms with E-state index in [1.54, 1.807) is 13.0 Å². The zero-order chi connectivity index (χ0) is 19.5. The van der Waals surface area contributed by atoms with Gasteiger partial charge in [-0.25, -0.2) is 0 Å². The van der Waals surface area contributed by atoms with Crippen LogP contribution in [0.5, 0.6) is 0 Å². The Kier molecular flexibility index (Phi) is 5.50. The molecule has 0 radical (unpaired) electrons. The smallest absolute Gasteiger partial charge is 0.273 e. The van der Waals surface area contributed by atoms with Crippen molar-refractivity contribution in [1.29, 1.82) is 0 Å². The Morgan fingerprint density at radius 1 is 1.29 bits per heavy atom. The first-order valence-electron chi connectivity index (χ1n) is 9.39. The molecule has 2 N–H and O–H groups in total. The van der Waals surface area contributed by atoms with Gasteiger partial charge in [0.05, 0.1) is 0 Å². The van der Waals surface area contributed by atoms with Crippen LogP contribution in [0.4, 0.5) is 0 Å². The highest BCUT2D eigenvalue weighted by Gasteiger charge is 2.30. The number of hydrogen-bond acceptors (Lipinski definition) is 7. The lowest BCUT2D eigenvalue weighted by Gasteiger charge is -2.34. The van der Waals surface area contributed by atoms with Gasteiger partial charge in [0.25, 0.3) is 5.91 Å². The van der Waals surface area contributed by atoms with E-state index in [4.69, 9.17) is 4.52 Å². The van der Waals surface area contributed by atoms with Gasteiger partial charge in [0.1, 0.15) is 16.1 Å². The Bertz CT molecular complexity index is 932. The fraction of sp³-hybridized carbons (Fsp3) is 0.400. The first-order valence-corrected chi connectivity index (χ1v) is 10.2. The summed E-state index contributed by atoms with van der Waals surface area (Å²) in [6, 6.07) is 11.3. The summed E-state index contributed by atoms with van der Waals surface area (Å²) in [5, 5.41) is 26.1. The van der Waals surface area contributed by atoms with E-state index in [-0.39, 0.29) is 5.91 Å². The Balaban J connectivity index is 1.22. The van der Waals surface area contributed by atoms with Crippen LogP contribution in [0.1, 0.15) is 46.4 Å². The van der Waals surface area contributed by atoms with E-state index in [2.05, 4.69) is 20.7 Å². The number of rotatable bonds is 7. The normalized spacial score (nSPS) is 19.8. The molecule has 28 heavy (non-hydrogen) atoms.